The van der Waals surface area contributed by atoms with Crippen LogP contribution in [0.1, 0.15) is 22.5 Å². The number of esters is 1. The van der Waals surface area contributed by atoms with Gasteiger partial charge in [-0.25, -0.2) is 9.78 Å². The van der Waals surface area contributed by atoms with Gasteiger partial charge < -0.3 is 14.0 Å². The average Bonchev–Trinajstić information content (AvgIpc) is 3.05. The van der Waals surface area contributed by atoms with E-state index in [1.807, 2.05) is 0 Å². The van der Waals surface area contributed by atoms with Crippen LogP contribution < -0.4 is 10.3 Å². The third-order valence-corrected chi connectivity index (χ3v) is 3.86. The number of carbonyl (C=O) groups excluding carboxylic acids is 1. The highest BCUT2D eigenvalue weighted by atomic mass is 16.5. The molecule has 0 radical (unpaired) electrons. The van der Waals surface area contributed by atoms with E-state index >= 15 is 0 Å². The first-order chi connectivity index (χ1) is 10.7. The number of nitrogens with zero attached hydrogens (tertiary/aromatic N) is 2. The van der Waals surface area contributed by atoms with Crippen molar-refractivity contribution in [3.8, 4) is 17.0 Å². The Morgan fingerprint density at radius 2 is 2.14 bits per heavy atom. The summed E-state index contributed by atoms with van der Waals surface area (Å²) in [5.41, 5.74) is 2.19. The van der Waals surface area contributed by atoms with Crippen LogP contribution in [0, 0.1) is 0 Å². The first-order valence-corrected chi connectivity index (χ1v) is 7.01. The highest BCUT2D eigenvalue weighted by Crippen LogP contribution is 2.24. The molecule has 2 aromatic heterocycles. The van der Waals surface area contributed by atoms with E-state index in [-0.39, 0.29) is 5.56 Å². The third kappa shape index (κ3) is 2.26. The largest absolute Gasteiger partial charge is 0.481 e. The van der Waals surface area contributed by atoms with Crippen LogP contribution in [0.3, 0.4) is 0 Å². The molecule has 6 heteroatoms. The molecule has 1 aliphatic rings. The SMILES string of the molecule is COC(=O)c1cc(-c2ccc(OC)nc2)c(=O)n2c1CCC2. The minimum Gasteiger partial charge on any atom is -0.481 e. The van der Waals surface area contributed by atoms with Crippen LogP contribution >= 0.6 is 0 Å². The van der Waals surface area contributed by atoms with Crippen LogP contribution in [0.4, 0.5) is 0 Å². The molecule has 0 spiro atoms. The Balaban J connectivity index is 2.19. The van der Waals surface area contributed by atoms with E-state index in [9.17, 15) is 9.59 Å². The van der Waals surface area contributed by atoms with E-state index in [4.69, 9.17) is 9.47 Å². The van der Waals surface area contributed by atoms with Gasteiger partial charge in [-0.1, -0.05) is 0 Å². The van der Waals surface area contributed by atoms with Crippen LogP contribution in [0.25, 0.3) is 11.1 Å². The quantitative estimate of drug-likeness (QED) is 0.806. The van der Waals surface area contributed by atoms with Crippen molar-refractivity contribution in [3.05, 3.63) is 46.0 Å². The summed E-state index contributed by atoms with van der Waals surface area (Å²) in [5, 5.41) is 0. The predicted molar refractivity (Wildman–Crippen MR) is 80.1 cm³/mol. The number of ether oxygens (including phenoxy) is 2. The molecule has 0 bridgehead atoms. The second-order valence-corrected chi connectivity index (χ2v) is 5.06. The minimum atomic E-state index is -0.423. The molecule has 3 heterocycles. The topological polar surface area (TPSA) is 70.4 Å². The molecule has 0 saturated carbocycles. The fourth-order valence-electron chi connectivity index (χ4n) is 2.77. The fourth-order valence-corrected chi connectivity index (χ4v) is 2.77. The van der Waals surface area contributed by atoms with Gasteiger partial charge in [-0.05, 0) is 25.0 Å². The van der Waals surface area contributed by atoms with Crippen molar-refractivity contribution in [1.29, 1.82) is 0 Å². The Morgan fingerprint density at radius 3 is 2.77 bits per heavy atom. The van der Waals surface area contributed by atoms with Crippen LogP contribution in [0.15, 0.2) is 29.2 Å². The zero-order valence-corrected chi connectivity index (χ0v) is 12.5. The molecular weight excluding hydrogens is 284 g/mol. The molecule has 0 unspecified atom stereocenters. The number of fused-ring (bicyclic) bond motifs is 1. The summed E-state index contributed by atoms with van der Waals surface area (Å²) in [6.45, 7) is 0.621. The predicted octanol–water partition coefficient (Wildman–Crippen LogP) is 1.65. The van der Waals surface area contributed by atoms with Crippen LogP contribution in [0.5, 0.6) is 5.88 Å². The first-order valence-electron chi connectivity index (χ1n) is 7.01. The number of hydrogen-bond donors (Lipinski definition) is 0. The highest BCUT2D eigenvalue weighted by molar-refractivity contribution is 5.92. The lowest BCUT2D eigenvalue weighted by Crippen LogP contribution is -2.24. The summed E-state index contributed by atoms with van der Waals surface area (Å²) in [7, 11) is 2.87. The Bertz CT molecular complexity index is 778. The number of aromatic nitrogens is 2. The van der Waals surface area contributed by atoms with Gasteiger partial charge in [0.15, 0.2) is 0 Å². The van der Waals surface area contributed by atoms with E-state index in [1.165, 1.54) is 14.2 Å². The van der Waals surface area contributed by atoms with Crippen molar-refractivity contribution in [2.45, 2.75) is 19.4 Å². The van der Waals surface area contributed by atoms with Crippen molar-refractivity contribution in [2.24, 2.45) is 0 Å². The molecule has 0 aliphatic carbocycles. The van der Waals surface area contributed by atoms with Gasteiger partial charge in [-0.15, -0.1) is 0 Å². The summed E-state index contributed by atoms with van der Waals surface area (Å²) in [6, 6.07) is 5.05. The number of pyridine rings is 2. The summed E-state index contributed by atoms with van der Waals surface area (Å²) in [5.74, 6) is 0.0478. The lowest BCUT2D eigenvalue weighted by Gasteiger charge is -2.12. The molecule has 3 rings (SSSR count). The van der Waals surface area contributed by atoms with Gasteiger partial charge in [0.2, 0.25) is 5.88 Å². The van der Waals surface area contributed by atoms with E-state index in [0.717, 1.165) is 12.1 Å². The first kappa shape index (κ1) is 14.3. The van der Waals surface area contributed by atoms with E-state index < -0.39 is 5.97 Å². The monoisotopic (exact) mass is 300 g/mol. The minimum absolute atomic E-state index is 0.105. The number of rotatable bonds is 3. The molecule has 0 atom stereocenters. The zero-order chi connectivity index (χ0) is 15.7. The third-order valence-electron chi connectivity index (χ3n) is 3.86. The van der Waals surface area contributed by atoms with Crippen molar-refractivity contribution in [2.75, 3.05) is 14.2 Å². The van der Waals surface area contributed by atoms with Crippen molar-refractivity contribution < 1.29 is 14.3 Å². The van der Waals surface area contributed by atoms with E-state index in [1.54, 1.807) is 29.0 Å². The summed E-state index contributed by atoms with van der Waals surface area (Å²) in [6.07, 6.45) is 3.13. The van der Waals surface area contributed by atoms with Crippen molar-refractivity contribution in [1.82, 2.24) is 9.55 Å². The fraction of sp³-hybridized carbons (Fsp3) is 0.312. The molecule has 0 N–H and O–H groups in total. The smallest absolute Gasteiger partial charge is 0.339 e. The maximum atomic E-state index is 12.6. The molecule has 0 saturated heterocycles. The van der Waals surface area contributed by atoms with Gasteiger partial charge in [-0.2, -0.15) is 0 Å². The van der Waals surface area contributed by atoms with Gasteiger partial charge in [0.1, 0.15) is 0 Å². The van der Waals surface area contributed by atoms with Gasteiger partial charge in [0, 0.05) is 35.6 Å². The summed E-state index contributed by atoms with van der Waals surface area (Å²) >= 11 is 0. The molecule has 114 valence electrons. The highest BCUT2D eigenvalue weighted by Gasteiger charge is 2.24. The molecular formula is C16H16N2O4. The van der Waals surface area contributed by atoms with Crippen molar-refractivity contribution in [3.63, 3.8) is 0 Å². The maximum Gasteiger partial charge on any atom is 0.339 e. The number of hydrogen-bond acceptors (Lipinski definition) is 5. The van der Waals surface area contributed by atoms with Crippen LogP contribution in [-0.2, 0) is 17.7 Å². The van der Waals surface area contributed by atoms with Gasteiger partial charge in [0.25, 0.3) is 5.56 Å². The molecule has 0 aromatic carbocycles. The van der Waals surface area contributed by atoms with Crippen LogP contribution in [0.2, 0.25) is 0 Å². The van der Waals surface area contributed by atoms with E-state index in [0.29, 0.717) is 35.5 Å². The second kappa shape index (κ2) is 5.63. The molecule has 2 aromatic rings. The van der Waals surface area contributed by atoms with E-state index in [2.05, 4.69) is 4.98 Å². The van der Waals surface area contributed by atoms with Gasteiger partial charge in [-0.3, -0.25) is 4.79 Å². The van der Waals surface area contributed by atoms with Crippen LogP contribution in [-0.4, -0.2) is 29.7 Å². The molecule has 22 heavy (non-hydrogen) atoms. The summed E-state index contributed by atoms with van der Waals surface area (Å²) in [4.78, 5) is 28.7. The molecule has 1 aliphatic heterocycles. The normalized spacial score (nSPS) is 12.8. The zero-order valence-electron chi connectivity index (χ0n) is 12.5. The lowest BCUT2D eigenvalue weighted by atomic mass is 10.0. The van der Waals surface area contributed by atoms with Gasteiger partial charge in [0.05, 0.1) is 19.8 Å². The Kier molecular flexibility index (Phi) is 3.66. The Hall–Kier alpha value is -2.63. The average molecular weight is 300 g/mol. The maximum absolute atomic E-state index is 12.6. The summed E-state index contributed by atoms with van der Waals surface area (Å²) < 4.78 is 11.5. The second-order valence-electron chi connectivity index (χ2n) is 5.06. The number of methoxy groups -OCH3 is 2. The van der Waals surface area contributed by atoms with Crippen molar-refractivity contribution >= 4 is 5.97 Å². The van der Waals surface area contributed by atoms with Gasteiger partial charge >= 0.3 is 5.97 Å². The lowest BCUT2D eigenvalue weighted by molar-refractivity contribution is 0.0598. The molecule has 6 nitrogen and oxygen atoms in total. The molecule has 0 amide bonds. The molecule has 0 fully saturated rings. The number of carbonyl (C=O) groups is 1. The standard InChI is InChI=1S/C16H16N2O4/c1-21-14-6-5-10(9-17-14)11-8-12(16(20)22-2)13-4-3-7-18(13)15(11)19/h5-6,8-9H,3-4,7H2,1-2H3. The Labute approximate surface area is 127 Å². The Morgan fingerprint density at radius 1 is 1.32 bits per heavy atom.